The summed E-state index contributed by atoms with van der Waals surface area (Å²) in [6.45, 7) is 5.63. The number of aromatic nitrogens is 1. The Bertz CT molecular complexity index is 1150. The van der Waals surface area contributed by atoms with E-state index in [9.17, 15) is 24.0 Å². The summed E-state index contributed by atoms with van der Waals surface area (Å²) in [7, 11) is 0. The predicted octanol–water partition coefficient (Wildman–Crippen LogP) is 1.42. The highest BCUT2D eigenvalue weighted by molar-refractivity contribution is 5.96. The molecular formula is C28H37N5O7. The standard InChI is InChI=1S/C28H37N5O7/c1-4-39-25(35)13-11-20(10-12-24(29)34)31-26(36)22(17-19-8-6-5-7-9-19)32-27(37)21(16-18(2)3)33-28(38)23-14-15-30-40-23/h5-9,11,13-15,18,20-22H,4,10,12,16-17H2,1-3H3,(H2,29,34)(H,31,36)(H,32,37)(H,33,38)/b13-11+. The van der Waals surface area contributed by atoms with Gasteiger partial charge in [0.1, 0.15) is 12.1 Å². The Morgan fingerprint density at radius 1 is 1.00 bits per heavy atom. The summed E-state index contributed by atoms with van der Waals surface area (Å²) in [4.78, 5) is 62.6. The van der Waals surface area contributed by atoms with Crippen molar-refractivity contribution in [2.24, 2.45) is 11.7 Å². The van der Waals surface area contributed by atoms with Gasteiger partial charge in [-0.1, -0.05) is 55.4 Å². The first-order valence-corrected chi connectivity index (χ1v) is 13.1. The maximum Gasteiger partial charge on any atom is 0.330 e. The van der Waals surface area contributed by atoms with E-state index in [4.69, 9.17) is 15.0 Å². The van der Waals surface area contributed by atoms with Crippen molar-refractivity contribution in [1.82, 2.24) is 21.1 Å². The lowest BCUT2D eigenvalue weighted by Crippen LogP contribution is -2.55. The van der Waals surface area contributed by atoms with Gasteiger partial charge in [-0.3, -0.25) is 19.2 Å². The van der Waals surface area contributed by atoms with Gasteiger partial charge in [0.15, 0.2) is 0 Å². The number of nitrogens with zero attached hydrogens (tertiary/aromatic N) is 1. The number of benzene rings is 1. The number of rotatable bonds is 16. The van der Waals surface area contributed by atoms with Crippen LogP contribution in [0.15, 0.2) is 59.3 Å². The van der Waals surface area contributed by atoms with Crippen molar-refractivity contribution < 1.29 is 33.2 Å². The van der Waals surface area contributed by atoms with Crippen LogP contribution >= 0.6 is 0 Å². The Balaban J connectivity index is 2.25. The fourth-order valence-corrected chi connectivity index (χ4v) is 3.78. The van der Waals surface area contributed by atoms with Gasteiger partial charge in [-0.05, 0) is 31.2 Å². The van der Waals surface area contributed by atoms with Gasteiger partial charge < -0.3 is 30.9 Å². The summed E-state index contributed by atoms with van der Waals surface area (Å²) in [5, 5.41) is 11.7. The van der Waals surface area contributed by atoms with Crippen LogP contribution in [0.1, 0.15) is 56.2 Å². The Morgan fingerprint density at radius 3 is 2.30 bits per heavy atom. The van der Waals surface area contributed by atoms with Crippen LogP contribution < -0.4 is 21.7 Å². The van der Waals surface area contributed by atoms with E-state index in [1.54, 1.807) is 6.92 Å². The number of nitrogens with two attached hydrogens (primary N) is 1. The van der Waals surface area contributed by atoms with Gasteiger partial charge >= 0.3 is 5.97 Å². The summed E-state index contributed by atoms with van der Waals surface area (Å²) < 4.78 is 9.77. The van der Waals surface area contributed by atoms with Crippen molar-refractivity contribution >= 4 is 29.6 Å². The Kier molecular flexibility index (Phi) is 13.1. The van der Waals surface area contributed by atoms with Gasteiger partial charge in [0, 0.05) is 31.0 Å². The van der Waals surface area contributed by atoms with Crippen LogP contribution in [0.5, 0.6) is 0 Å². The van der Waals surface area contributed by atoms with Crippen molar-refractivity contribution in [3.05, 3.63) is 66.1 Å². The van der Waals surface area contributed by atoms with E-state index >= 15 is 0 Å². The number of carbonyl (C=O) groups is 5. The second-order valence-corrected chi connectivity index (χ2v) is 9.51. The molecule has 216 valence electrons. The minimum absolute atomic E-state index is 0.0402. The number of hydrogen-bond donors (Lipinski definition) is 4. The molecule has 40 heavy (non-hydrogen) atoms. The molecule has 0 fully saturated rings. The third-order valence-electron chi connectivity index (χ3n) is 5.69. The summed E-state index contributed by atoms with van der Waals surface area (Å²) >= 11 is 0. The number of amides is 4. The smallest absolute Gasteiger partial charge is 0.330 e. The van der Waals surface area contributed by atoms with Crippen LogP contribution in [-0.4, -0.2) is 59.5 Å². The molecule has 1 aromatic carbocycles. The lowest BCUT2D eigenvalue weighted by molar-refractivity contribution is -0.137. The third kappa shape index (κ3) is 11.5. The second-order valence-electron chi connectivity index (χ2n) is 9.51. The van der Waals surface area contributed by atoms with Crippen molar-refractivity contribution in [3.63, 3.8) is 0 Å². The highest BCUT2D eigenvalue weighted by atomic mass is 16.5. The Morgan fingerprint density at radius 2 is 1.70 bits per heavy atom. The zero-order chi connectivity index (χ0) is 29.5. The minimum atomic E-state index is -1.04. The van der Waals surface area contributed by atoms with E-state index in [-0.39, 0.29) is 37.5 Å². The van der Waals surface area contributed by atoms with Gasteiger partial charge in [0.05, 0.1) is 12.8 Å². The molecular weight excluding hydrogens is 518 g/mol. The predicted molar refractivity (Wildman–Crippen MR) is 145 cm³/mol. The molecule has 2 aromatic rings. The molecule has 12 heteroatoms. The third-order valence-corrected chi connectivity index (χ3v) is 5.69. The molecule has 0 aliphatic carbocycles. The summed E-state index contributed by atoms with van der Waals surface area (Å²) in [6, 6.07) is 7.71. The molecule has 1 heterocycles. The first kappa shape index (κ1) is 31.7. The zero-order valence-electron chi connectivity index (χ0n) is 22.9. The van der Waals surface area contributed by atoms with Crippen LogP contribution in [0, 0.1) is 5.92 Å². The van der Waals surface area contributed by atoms with Gasteiger partial charge in [-0.2, -0.15) is 0 Å². The quantitative estimate of drug-likeness (QED) is 0.177. The molecule has 0 aliphatic heterocycles. The summed E-state index contributed by atoms with van der Waals surface area (Å²) in [6.07, 6.45) is 4.43. The topological polar surface area (TPSA) is 183 Å². The summed E-state index contributed by atoms with van der Waals surface area (Å²) in [5.74, 6) is -2.91. The molecule has 5 N–H and O–H groups in total. The molecule has 3 atom stereocenters. The molecule has 0 saturated carbocycles. The SMILES string of the molecule is CCOC(=O)/C=C/C(CCC(N)=O)NC(=O)C(Cc1ccccc1)NC(=O)C(CC(C)C)NC(=O)c1ccno1. The van der Waals surface area contributed by atoms with E-state index < -0.39 is 47.7 Å². The first-order valence-electron chi connectivity index (χ1n) is 13.1. The second kappa shape index (κ2) is 16.5. The first-order chi connectivity index (χ1) is 19.1. The number of ether oxygens (including phenoxy) is 1. The molecule has 2 rings (SSSR count). The maximum atomic E-state index is 13.5. The van der Waals surface area contributed by atoms with Crippen molar-refractivity contribution in [2.75, 3.05) is 6.61 Å². The van der Waals surface area contributed by atoms with Gasteiger partial charge in [0.25, 0.3) is 5.91 Å². The number of nitrogens with one attached hydrogen (secondary N) is 3. The molecule has 4 amide bonds. The van der Waals surface area contributed by atoms with E-state index in [1.807, 2.05) is 44.2 Å². The van der Waals surface area contributed by atoms with Crippen LogP contribution in [0.25, 0.3) is 0 Å². The molecule has 0 spiro atoms. The number of hydrogen-bond acceptors (Lipinski definition) is 8. The van der Waals surface area contributed by atoms with E-state index in [1.165, 1.54) is 18.3 Å². The highest BCUT2D eigenvalue weighted by Gasteiger charge is 2.29. The lowest BCUT2D eigenvalue weighted by atomic mass is 10.0. The molecule has 3 unspecified atom stereocenters. The molecule has 0 bridgehead atoms. The van der Waals surface area contributed by atoms with Crippen molar-refractivity contribution in [2.45, 2.75) is 64.6 Å². The fourth-order valence-electron chi connectivity index (χ4n) is 3.78. The number of carbonyl (C=O) groups excluding carboxylic acids is 5. The largest absolute Gasteiger partial charge is 0.463 e. The van der Waals surface area contributed by atoms with Crippen LogP contribution in [0.4, 0.5) is 0 Å². The van der Waals surface area contributed by atoms with Crippen LogP contribution in [0.2, 0.25) is 0 Å². The van der Waals surface area contributed by atoms with E-state index in [2.05, 4.69) is 21.1 Å². The number of primary amides is 1. The average molecular weight is 556 g/mol. The van der Waals surface area contributed by atoms with Gasteiger partial charge in [0.2, 0.25) is 23.5 Å². The van der Waals surface area contributed by atoms with E-state index in [0.29, 0.717) is 6.42 Å². The zero-order valence-corrected chi connectivity index (χ0v) is 22.9. The van der Waals surface area contributed by atoms with Crippen LogP contribution in [0.3, 0.4) is 0 Å². The van der Waals surface area contributed by atoms with Gasteiger partial charge in [-0.15, -0.1) is 0 Å². The summed E-state index contributed by atoms with van der Waals surface area (Å²) in [5.41, 5.74) is 6.06. The van der Waals surface area contributed by atoms with Crippen molar-refractivity contribution in [3.8, 4) is 0 Å². The molecule has 0 saturated heterocycles. The molecule has 0 radical (unpaired) electrons. The molecule has 1 aromatic heterocycles. The number of esters is 1. The van der Waals surface area contributed by atoms with Gasteiger partial charge in [-0.25, -0.2) is 4.79 Å². The monoisotopic (exact) mass is 555 g/mol. The maximum absolute atomic E-state index is 13.5. The van der Waals surface area contributed by atoms with Crippen molar-refractivity contribution in [1.29, 1.82) is 0 Å². The lowest BCUT2D eigenvalue weighted by Gasteiger charge is -2.25. The average Bonchev–Trinajstić information content (AvgIpc) is 3.45. The fraction of sp³-hybridized carbons (Fsp3) is 0.429. The molecule has 0 aliphatic rings. The highest BCUT2D eigenvalue weighted by Crippen LogP contribution is 2.10. The molecule has 12 nitrogen and oxygen atoms in total. The Labute approximate surface area is 233 Å². The Hall–Kier alpha value is -4.48. The normalized spacial score (nSPS) is 13.3. The van der Waals surface area contributed by atoms with E-state index in [0.717, 1.165) is 11.6 Å². The minimum Gasteiger partial charge on any atom is -0.463 e. The van der Waals surface area contributed by atoms with Crippen LogP contribution in [-0.2, 0) is 30.3 Å².